The first-order valence-electron chi connectivity index (χ1n) is 5.64. The molecule has 4 N–H and O–H groups in total. The molecule has 0 aromatic heterocycles. The van der Waals surface area contributed by atoms with E-state index in [4.69, 9.17) is 11.1 Å². The SMILES string of the molecule is CCCN=C(N)NC(=N)N1CCCCC1.Cl. The van der Waals surface area contributed by atoms with Crippen LogP contribution in [0, 0.1) is 5.41 Å². The number of hydrogen-bond acceptors (Lipinski definition) is 2. The number of aliphatic imine (C=N–C) groups is 1. The summed E-state index contributed by atoms with van der Waals surface area (Å²) in [5.41, 5.74) is 5.64. The summed E-state index contributed by atoms with van der Waals surface area (Å²) in [5, 5.41) is 10.6. The number of piperidine rings is 1. The molecule has 0 aromatic rings. The zero-order valence-corrected chi connectivity index (χ0v) is 10.6. The molecule has 5 nitrogen and oxygen atoms in total. The second-order valence-corrected chi connectivity index (χ2v) is 3.79. The first-order valence-corrected chi connectivity index (χ1v) is 5.64. The summed E-state index contributed by atoms with van der Waals surface area (Å²) in [4.78, 5) is 6.11. The van der Waals surface area contributed by atoms with Crippen molar-refractivity contribution in [1.82, 2.24) is 10.2 Å². The fraction of sp³-hybridized carbons (Fsp3) is 0.800. The van der Waals surface area contributed by atoms with Gasteiger partial charge < -0.3 is 10.6 Å². The molecule has 1 fully saturated rings. The molecule has 0 radical (unpaired) electrons. The summed E-state index contributed by atoms with van der Waals surface area (Å²) >= 11 is 0. The fourth-order valence-corrected chi connectivity index (χ4v) is 1.59. The molecule has 0 aromatic carbocycles. The highest BCUT2D eigenvalue weighted by atomic mass is 35.5. The van der Waals surface area contributed by atoms with Crippen molar-refractivity contribution in [3.63, 3.8) is 0 Å². The van der Waals surface area contributed by atoms with E-state index in [-0.39, 0.29) is 12.4 Å². The monoisotopic (exact) mass is 247 g/mol. The number of guanidine groups is 2. The van der Waals surface area contributed by atoms with Gasteiger partial charge in [0.15, 0.2) is 11.9 Å². The van der Waals surface area contributed by atoms with Crippen LogP contribution in [0.1, 0.15) is 32.6 Å². The van der Waals surface area contributed by atoms with Crippen molar-refractivity contribution in [2.45, 2.75) is 32.6 Å². The topological polar surface area (TPSA) is 77.5 Å². The minimum Gasteiger partial charge on any atom is -0.370 e. The summed E-state index contributed by atoms with van der Waals surface area (Å²) in [6, 6.07) is 0. The Kier molecular flexibility index (Phi) is 7.72. The fourth-order valence-electron chi connectivity index (χ4n) is 1.59. The summed E-state index contributed by atoms with van der Waals surface area (Å²) in [6.45, 7) is 4.67. The maximum Gasteiger partial charge on any atom is 0.197 e. The van der Waals surface area contributed by atoms with E-state index < -0.39 is 0 Å². The van der Waals surface area contributed by atoms with Gasteiger partial charge in [-0.3, -0.25) is 15.7 Å². The van der Waals surface area contributed by atoms with Crippen molar-refractivity contribution in [1.29, 1.82) is 5.41 Å². The maximum absolute atomic E-state index is 7.80. The van der Waals surface area contributed by atoms with Gasteiger partial charge in [0.05, 0.1) is 0 Å². The molecule has 6 heteroatoms. The molecule has 1 heterocycles. The van der Waals surface area contributed by atoms with Gasteiger partial charge in [0, 0.05) is 19.6 Å². The van der Waals surface area contributed by atoms with Gasteiger partial charge in [0.1, 0.15) is 0 Å². The molecular weight excluding hydrogens is 226 g/mol. The van der Waals surface area contributed by atoms with Crippen molar-refractivity contribution < 1.29 is 0 Å². The molecular formula is C10H22ClN5. The number of nitrogens with zero attached hydrogens (tertiary/aromatic N) is 2. The molecule has 0 unspecified atom stereocenters. The van der Waals surface area contributed by atoms with Crippen LogP contribution < -0.4 is 11.1 Å². The Balaban J connectivity index is 0.00000225. The number of rotatable bonds is 2. The van der Waals surface area contributed by atoms with Gasteiger partial charge in [-0.2, -0.15) is 0 Å². The lowest BCUT2D eigenvalue weighted by Crippen LogP contribution is -2.48. The molecule has 94 valence electrons. The minimum atomic E-state index is 0. The molecule has 0 amide bonds. The van der Waals surface area contributed by atoms with Gasteiger partial charge >= 0.3 is 0 Å². The van der Waals surface area contributed by atoms with E-state index in [1.165, 1.54) is 6.42 Å². The highest BCUT2D eigenvalue weighted by Gasteiger charge is 2.13. The van der Waals surface area contributed by atoms with Gasteiger partial charge in [0.2, 0.25) is 0 Å². The summed E-state index contributed by atoms with van der Waals surface area (Å²) in [6.07, 6.45) is 4.56. The van der Waals surface area contributed by atoms with Gasteiger partial charge in [-0.05, 0) is 25.7 Å². The normalized spacial score (nSPS) is 16.6. The Labute approximate surface area is 103 Å². The minimum absolute atomic E-state index is 0. The zero-order valence-electron chi connectivity index (χ0n) is 9.83. The van der Waals surface area contributed by atoms with E-state index in [0.717, 1.165) is 32.4 Å². The van der Waals surface area contributed by atoms with Crippen LogP contribution in [0.3, 0.4) is 0 Å². The van der Waals surface area contributed by atoms with Gasteiger partial charge in [-0.15, -0.1) is 12.4 Å². The van der Waals surface area contributed by atoms with Crippen LogP contribution in [0.15, 0.2) is 4.99 Å². The molecule has 0 atom stereocenters. The predicted octanol–water partition coefficient (Wildman–Crippen LogP) is 1.14. The molecule has 1 aliphatic rings. The quantitative estimate of drug-likeness (QED) is 0.506. The Morgan fingerprint density at radius 2 is 2.00 bits per heavy atom. The van der Waals surface area contributed by atoms with Crippen molar-refractivity contribution in [2.24, 2.45) is 10.7 Å². The smallest absolute Gasteiger partial charge is 0.197 e. The summed E-state index contributed by atoms with van der Waals surface area (Å²) in [7, 11) is 0. The number of nitrogens with two attached hydrogens (primary N) is 1. The lowest BCUT2D eigenvalue weighted by Gasteiger charge is -2.28. The molecule has 1 rings (SSSR count). The van der Waals surface area contributed by atoms with E-state index in [1.807, 2.05) is 11.8 Å². The van der Waals surface area contributed by atoms with E-state index in [0.29, 0.717) is 18.5 Å². The summed E-state index contributed by atoms with van der Waals surface area (Å²) < 4.78 is 0. The molecule has 16 heavy (non-hydrogen) atoms. The average Bonchev–Trinajstić information content (AvgIpc) is 2.27. The second kappa shape index (κ2) is 8.21. The molecule has 1 aliphatic heterocycles. The predicted molar refractivity (Wildman–Crippen MR) is 70.3 cm³/mol. The van der Waals surface area contributed by atoms with Crippen molar-refractivity contribution in [3.8, 4) is 0 Å². The highest BCUT2D eigenvalue weighted by Crippen LogP contribution is 2.07. The van der Waals surface area contributed by atoms with Crippen LogP contribution in [0.25, 0.3) is 0 Å². The van der Waals surface area contributed by atoms with Crippen LogP contribution in [-0.4, -0.2) is 36.5 Å². The third kappa shape index (κ3) is 5.21. The first kappa shape index (κ1) is 15.0. The molecule has 1 saturated heterocycles. The number of halogens is 1. The first-order chi connectivity index (χ1) is 7.24. The Morgan fingerprint density at radius 3 is 2.56 bits per heavy atom. The highest BCUT2D eigenvalue weighted by molar-refractivity contribution is 5.96. The molecule has 0 spiro atoms. The second-order valence-electron chi connectivity index (χ2n) is 3.79. The van der Waals surface area contributed by atoms with Crippen LogP contribution in [0.4, 0.5) is 0 Å². The van der Waals surface area contributed by atoms with Crippen molar-refractivity contribution in [2.75, 3.05) is 19.6 Å². The number of nitrogens with one attached hydrogen (secondary N) is 2. The summed E-state index contributed by atoms with van der Waals surface area (Å²) in [5.74, 6) is 0.736. The van der Waals surface area contributed by atoms with Gasteiger partial charge in [0.25, 0.3) is 0 Å². The van der Waals surface area contributed by atoms with E-state index in [2.05, 4.69) is 10.3 Å². The van der Waals surface area contributed by atoms with Crippen LogP contribution in [0.5, 0.6) is 0 Å². The van der Waals surface area contributed by atoms with E-state index in [1.54, 1.807) is 0 Å². The zero-order chi connectivity index (χ0) is 11.1. The van der Waals surface area contributed by atoms with Crippen molar-refractivity contribution in [3.05, 3.63) is 0 Å². The average molecular weight is 248 g/mol. The van der Waals surface area contributed by atoms with Crippen LogP contribution in [-0.2, 0) is 0 Å². The number of likely N-dealkylation sites (tertiary alicyclic amines) is 1. The molecule has 0 saturated carbocycles. The van der Waals surface area contributed by atoms with E-state index >= 15 is 0 Å². The van der Waals surface area contributed by atoms with Gasteiger partial charge in [-0.25, -0.2) is 0 Å². The largest absolute Gasteiger partial charge is 0.370 e. The Bertz CT molecular complexity index is 235. The lowest BCUT2D eigenvalue weighted by molar-refractivity contribution is 0.334. The van der Waals surface area contributed by atoms with Crippen LogP contribution in [0.2, 0.25) is 0 Å². The molecule has 0 bridgehead atoms. The van der Waals surface area contributed by atoms with E-state index in [9.17, 15) is 0 Å². The van der Waals surface area contributed by atoms with Gasteiger partial charge in [-0.1, -0.05) is 6.92 Å². The number of hydrogen-bond donors (Lipinski definition) is 3. The van der Waals surface area contributed by atoms with Crippen LogP contribution >= 0.6 is 12.4 Å². The Morgan fingerprint density at radius 1 is 1.38 bits per heavy atom. The third-order valence-electron chi connectivity index (χ3n) is 2.42. The standard InChI is InChI=1S/C10H21N5.ClH/c1-2-6-13-9(11)14-10(12)15-7-4-3-5-8-15;/h2-8H2,1H3,(H4,11,12,13,14);1H. The Hall–Kier alpha value is -0.970. The maximum atomic E-state index is 7.80. The third-order valence-corrected chi connectivity index (χ3v) is 2.42. The van der Waals surface area contributed by atoms with Crippen molar-refractivity contribution >= 4 is 24.3 Å². The lowest BCUT2D eigenvalue weighted by atomic mass is 10.1. The molecule has 0 aliphatic carbocycles.